The summed E-state index contributed by atoms with van der Waals surface area (Å²) in [5, 5.41) is 3.13. The van der Waals surface area contributed by atoms with Crippen LogP contribution in [0.4, 0.5) is 0 Å². The van der Waals surface area contributed by atoms with Gasteiger partial charge >= 0.3 is 0 Å². The van der Waals surface area contributed by atoms with Gasteiger partial charge in [-0.3, -0.25) is 0 Å². The van der Waals surface area contributed by atoms with Crippen molar-refractivity contribution in [1.29, 1.82) is 0 Å². The van der Waals surface area contributed by atoms with Gasteiger partial charge in [0.15, 0.2) is 0 Å². The number of likely N-dealkylation sites (N-methyl/N-ethyl adjacent to an activating group) is 1. The van der Waals surface area contributed by atoms with E-state index in [1.165, 1.54) is 11.1 Å². The van der Waals surface area contributed by atoms with Gasteiger partial charge in [0.1, 0.15) is 11.9 Å². The average Bonchev–Trinajstić information content (AvgIpc) is 2.29. The number of rotatable bonds is 7. The number of methoxy groups -OCH3 is 1. The summed E-state index contributed by atoms with van der Waals surface area (Å²) in [7, 11) is 3.62. The molecular weight excluding hydrogens is 226 g/mol. The molecule has 0 saturated carbocycles. The summed E-state index contributed by atoms with van der Waals surface area (Å²) in [5.74, 6) is 1.43. The maximum absolute atomic E-state index is 6.08. The van der Waals surface area contributed by atoms with Crippen molar-refractivity contribution in [1.82, 2.24) is 5.32 Å². The summed E-state index contributed by atoms with van der Waals surface area (Å²) < 4.78 is 11.3. The molecule has 1 aromatic carbocycles. The third kappa shape index (κ3) is 4.31. The second kappa shape index (κ2) is 7.39. The Kier molecular flexibility index (Phi) is 6.16. The Labute approximate surface area is 110 Å². The van der Waals surface area contributed by atoms with Gasteiger partial charge in [-0.25, -0.2) is 0 Å². The lowest BCUT2D eigenvalue weighted by Crippen LogP contribution is -2.33. The Morgan fingerprint density at radius 2 is 2.00 bits per heavy atom. The van der Waals surface area contributed by atoms with E-state index in [9.17, 15) is 0 Å². The summed E-state index contributed by atoms with van der Waals surface area (Å²) in [6.45, 7) is 7.81. The molecule has 102 valence electrons. The van der Waals surface area contributed by atoms with E-state index in [1.807, 2.05) is 7.05 Å². The Morgan fingerprint density at radius 3 is 2.56 bits per heavy atom. The lowest BCUT2D eigenvalue weighted by molar-refractivity contribution is 0.0810. The third-order valence-corrected chi connectivity index (χ3v) is 2.87. The van der Waals surface area contributed by atoms with Crippen LogP contribution < -0.4 is 10.1 Å². The van der Waals surface area contributed by atoms with Gasteiger partial charge < -0.3 is 14.8 Å². The zero-order valence-electron chi connectivity index (χ0n) is 12.1. The van der Waals surface area contributed by atoms with E-state index in [-0.39, 0.29) is 6.10 Å². The molecule has 0 saturated heterocycles. The van der Waals surface area contributed by atoms with Gasteiger partial charge in [-0.1, -0.05) is 26.0 Å². The highest BCUT2D eigenvalue weighted by atomic mass is 16.5. The van der Waals surface area contributed by atoms with Crippen LogP contribution in [0.1, 0.15) is 30.9 Å². The number of hydrogen-bond acceptors (Lipinski definition) is 3. The van der Waals surface area contributed by atoms with Crippen LogP contribution in [0.2, 0.25) is 0 Å². The fourth-order valence-electron chi connectivity index (χ4n) is 1.95. The Hall–Kier alpha value is -1.06. The van der Waals surface area contributed by atoms with Gasteiger partial charge in [-0.05, 0) is 37.1 Å². The number of benzene rings is 1. The van der Waals surface area contributed by atoms with Crippen molar-refractivity contribution < 1.29 is 9.47 Å². The second-order valence-corrected chi connectivity index (χ2v) is 4.95. The van der Waals surface area contributed by atoms with Crippen LogP contribution in [-0.4, -0.2) is 33.4 Å². The van der Waals surface area contributed by atoms with Crippen LogP contribution in [0.25, 0.3) is 0 Å². The zero-order chi connectivity index (χ0) is 13.5. The SMILES string of the molecule is CNCC(COC)Oc1cc(C)ccc1C(C)C. The largest absolute Gasteiger partial charge is 0.486 e. The van der Waals surface area contributed by atoms with Gasteiger partial charge in [-0.15, -0.1) is 0 Å². The molecule has 1 aromatic rings. The summed E-state index contributed by atoms with van der Waals surface area (Å²) in [6, 6.07) is 6.39. The number of nitrogens with one attached hydrogen (secondary N) is 1. The molecule has 0 radical (unpaired) electrons. The molecular formula is C15H25NO2. The minimum atomic E-state index is 0.0410. The first-order valence-electron chi connectivity index (χ1n) is 6.49. The van der Waals surface area contributed by atoms with E-state index in [1.54, 1.807) is 7.11 Å². The van der Waals surface area contributed by atoms with Crippen molar-refractivity contribution in [3.63, 3.8) is 0 Å². The molecule has 1 N–H and O–H groups in total. The van der Waals surface area contributed by atoms with Crippen molar-refractivity contribution >= 4 is 0 Å². The normalized spacial score (nSPS) is 12.8. The van der Waals surface area contributed by atoms with Crippen molar-refractivity contribution in [3.8, 4) is 5.75 Å². The maximum Gasteiger partial charge on any atom is 0.134 e. The fraction of sp³-hybridized carbons (Fsp3) is 0.600. The highest BCUT2D eigenvalue weighted by molar-refractivity contribution is 5.39. The van der Waals surface area contributed by atoms with E-state index in [4.69, 9.17) is 9.47 Å². The van der Waals surface area contributed by atoms with Crippen LogP contribution in [-0.2, 0) is 4.74 Å². The third-order valence-electron chi connectivity index (χ3n) is 2.87. The Balaban J connectivity index is 2.88. The van der Waals surface area contributed by atoms with Crippen molar-refractivity contribution in [2.24, 2.45) is 0 Å². The minimum Gasteiger partial charge on any atom is -0.486 e. The van der Waals surface area contributed by atoms with Crippen molar-refractivity contribution in [3.05, 3.63) is 29.3 Å². The van der Waals surface area contributed by atoms with Gasteiger partial charge in [0, 0.05) is 13.7 Å². The first kappa shape index (κ1) is 15.0. The predicted molar refractivity (Wildman–Crippen MR) is 75.5 cm³/mol. The maximum atomic E-state index is 6.08. The van der Waals surface area contributed by atoms with Gasteiger partial charge in [0.2, 0.25) is 0 Å². The molecule has 1 unspecified atom stereocenters. The molecule has 3 heteroatoms. The molecule has 0 bridgehead atoms. The first-order valence-corrected chi connectivity index (χ1v) is 6.49. The molecule has 0 fully saturated rings. The van der Waals surface area contributed by atoms with Crippen LogP contribution in [0.15, 0.2) is 18.2 Å². The molecule has 0 spiro atoms. The molecule has 1 atom stereocenters. The van der Waals surface area contributed by atoms with E-state index in [2.05, 4.69) is 44.3 Å². The average molecular weight is 251 g/mol. The number of aryl methyl sites for hydroxylation is 1. The number of ether oxygens (including phenoxy) is 2. The topological polar surface area (TPSA) is 30.5 Å². The quantitative estimate of drug-likeness (QED) is 0.808. The lowest BCUT2D eigenvalue weighted by Gasteiger charge is -2.21. The smallest absolute Gasteiger partial charge is 0.134 e. The van der Waals surface area contributed by atoms with Gasteiger partial charge in [0.05, 0.1) is 6.61 Å². The van der Waals surface area contributed by atoms with Crippen LogP contribution in [0.3, 0.4) is 0 Å². The van der Waals surface area contributed by atoms with E-state index in [0.29, 0.717) is 12.5 Å². The Morgan fingerprint density at radius 1 is 1.28 bits per heavy atom. The molecule has 3 nitrogen and oxygen atoms in total. The van der Waals surface area contributed by atoms with Crippen LogP contribution >= 0.6 is 0 Å². The summed E-state index contributed by atoms with van der Waals surface area (Å²) >= 11 is 0. The summed E-state index contributed by atoms with van der Waals surface area (Å²) in [4.78, 5) is 0. The molecule has 18 heavy (non-hydrogen) atoms. The highest BCUT2D eigenvalue weighted by Gasteiger charge is 2.14. The monoisotopic (exact) mass is 251 g/mol. The highest BCUT2D eigenvalue weighted by Crippen LogP contribution is 2.28. The standard InChI is InChI=1S/C15H25NO2/c1-11(2)14-7-6-12(3)8-15(14)18-13(9-16-4)10-17-5/h6-8,11,13,16H,9-10H2,1-5H3. The van der Waals surface area contributed by atoms with Crippen LogP contribution in [0, 0.1) is 6.92 Å². The van der Waals surface area contributed by atoms with E-state index in [0.717, 1.165) is 12.3 Å². The van der Waals surface area contributed by atoms with Gasteiger partial charge in [-0.2, -0.15) is 0 Å². The van der Waals surface area contributed by atoms with Crippen molar-refractivity contribution in [2.45, 2.75) is 32.8 Å². The second-order valence-electron chi connectivity index (χ2n) is 4.95. The minimum absolute atomic E-state index is 0.0410. The fourth-order valence-corrected chi connectivity index (χ4v) is 1.95. The Bertz CT molecular complexity index is 358. The first-order chi connectivity index (χ1) is 8.58. The summed E-state index contributed by atoms with van der Waals surface area (Å²) in [5.41, 5.74) is 2.47. The zero-order valence-corrected chi connectivity index (χ0v) is 12.1. The van der Waals surface area contributed by atoms with Crippen LogP contribution in [0.5, 0.6) is 5.75 Å². The molecule has 0 aliphatic rings. The molecule has 0 amide bonds. The van der Waals surface area contributed by atoms with E-state index < -0.39 is 0 Å². The summed E-state index contributed by atoms with van der Waals surface area (Å²) in [6.07, 6.45) is 0.0410. The van der Waals surface area contributed by atoms with Crippen molar-refractivity contribution in [2.75, 3.05) is 27.3 Å². The molecule has 0 heterocycles. The van der Waals surface area contributed by atoms with E-state index >= 15 is 0 Å². The number of hydrogen-bond donors (Lipinski definition) is 1. The van der Waals surface area contributed by atoms with Gasteiger partial charge in [0.25, 0.3) is 0 Å². The predicted octanol–water partition coefficient (Wildman–Crippen LogP) is 2.73. The molecule has 0 aromatic heterocycles. The molecule has 0 aliphatic carbocycles. The lowest BCUT2D eigenvalue weighted by atomic mass is 10.0. The molecule has 0 aliphatic heterocycles. The molecule has 1 rings (SSSR count).